The number of nitrogens with zero attached hydrogens (tertiary/aromatic N) is 3. The summed E-state index contributed by atoms with van der Waals surface area (Å²) in [5, 5.41) is 3.86. The molecule has 0 spiro atoms. The topological polar surface area (TPSA) is 112 Å². The number of benzene rings is 2. The van der Waals surface area contributed by atoms with E-state index in [2.05, 4.69) is 10.1 Å². The maximum absolute atomic E-state index is 12.8. The molecule has 0 aliphatic carbocycles. The maximum atomic E-state index is 12.8. The molecule has 0 amide bonds. The van der Waals surface area contributed by atoms with Gasteiger partial charge in [-0.1, -0.05) is 41.6 Å². The zero-order valence-electron chi connectivity index (χ0n) is 15.9. The van der Waals surface area contributed by atoms with E-state index in [0.717, 1.165) is 5.56 Å². The van der Waals surface area contributed by atoms with Gasteiger partial charge in [0.25, 0.3) is 5.89 Å². The van der Waals surface area contributed by atoms with Crippen molar-refractivity contribution in [2.45, 2.75) is 11.5 Å². The molecule has 1 aromatic heterocycles. The third kappa shape index (κ3) is 4.40. The van der Waals surface area contributed by atoms with Gasteiger partial charge in [0.05, 0.1) is 23.7 Å². The highest BCUT2D eigenvalue weighted by Gasteiger charge is 2.27. The van der Waals surface area contributed by atoms with E-state index in [0.29, 0.717) is 19.0 Å². The summed E-state index contributed by atoms with van der Waals surface area (Å²) in [5.74, 6) is -0.159. The van der Waals surface area contributed by atoms with Gasteiger partial charge >= 0.3 is 5.97 Å². The lowest BCUT2D eigenvalue weighted by Crippen LogP contribution is -2.40. The monoisotopic (exact) mass is 429 g/mol. The molecule has 30 heavy (non-hydrogen) atoms. The van der Waals surface area contributed by atoms with Gasteiger partial charge in [-0.2, -0.15) is 9.29 Å². The lowest BCUT2D eigenvalue weighted by atomic mass is 10.2. The highest BCUT2D eigenvalue weighted by atomic mass is 32.2. The Balaban J connectivity index is 1.43. The van der Waals surface area contributed by atoms with Crippen LogP contribution in [0.25, 0.3) is 11.4 Å². The summed E-state index contributed by atoms with van der Waals surface area (Å²) < 4.78 is 42.4. The predicted octanol–water partition coefficient (Wildman–Crippen LogP) is 2.11. The molecular formula is C20H19N3O6S. The Morgan fingerprint density at radius 2 is 1.83 bits per heavy atom. The minimum absolute atomic E-state index is 0.0306. The summed E-state index contributed by atoms with van der Waals surface area (Å²) in [6, 6.07) is 15.0. The summed E-state index contributed by atoms with van der Waals surface area (Å²) >= 11 is 0. The first kappa shape index (κ1) is 20.2. The van der Waals surface area contributed by atoms with E-state index in [9.17, 15) is 13.2 Å². The molecular weight excluding hydrogens is 410 g/mol. The normalized spacial score (nSPS) is 15.1. The van der Waals surface area contributed by atoms with Crippen molar-refractivity contribution >= 4 is 16.0 Å². The van der Waals surface area contributed by atoms with E-state index in [1.807, 2.05) is 30.3 Å². The van der Waals surface area contributed by atoms with Crippen LogP contribution >= 0.6 is 0 Å². The molecule has 1 aliphatic rings. The van der Waals surface area contributed by atoms with Crippen LogP contribution in [0.2, 0.25) is 0 Å². The summed E-state index contributed by atoms with van der Waals surface area (Å²) in [5.41, 5.74) is 0.895. The summed E-state index contributed by atoms with van der Waals surface area (Å²) in [6.45, 7) is 1.02. The minimum atomic E-state index is -3.71. The van der Waals surface area contributed by atoms with Gasteiger partial charge in [0.2, 0.25) is 15.8 Å². The molecule has 0 radical (unpaired) electrons. The van der Waals surface area contributed by atoms with Crippen LogP contribution in [0, 0.1) is 0 Å². The lowest BCUT2D eigenvalue weighted by Gasteiger charge is -2.26. The molecule has 0 bridgehead atoms. The van der Waals surface area contributed by atoms with Crippen molar-refractivity contribution in [3.63, 3.8) is 0 Å². The Kier molecular flexibility index (Phi) is 5.88. The quantitative estimate of drug-likeness (QED) is 0.548. The smallest absolute Gasteiger partial charge is 0.338 e. The van der Waals surface area contributed by atoms with E-state index in [1.54, 1.807) is 0 Å². The van der Waals surface area contributed by atoms with Gasteiger partial charge in [-0.25, -0.2) is 13.2 Å². The number of morpholine rings is 1. The van der Waals surface area contributed by atoms with Gasteiger partial charge in [0.1, 0.15) is 0 Å². The molecule has 2 heterocycles. The Morgan fingerprint density at radius 1 is 1.07 bits per heavy atom. The number of hydrogen-bond acceptors (Lipinski definition) is 8. The summed E-state index contributed by atoms with van der Waals surface area (Å²) in [4.78, 5) is 16.6. The first-order valence-electron chi connectivity index (χ1n) is 9.27. The molecule has 3 aromatic rings. The van der Waals surface area contributed by atoms with Crippen LogP contribution in [0.5, 0.6) is 0 Å². The van der Waals surface area contributed by atoms with Gasteiger partial charge in [0.15, 0.2) is 6.61 Å². The molecule has 2 aromatic carbocycles. The number of ether oxygens (including phenoxy) is 2. The number of aromatic nitrogens is 2. The van der Waals surface area contributed by atoms with Crippen molar-refractivity contribution in [2.24, 2.45) is 0 Å². The van der Waals surface area contributed by atoms with Crippen molar-refractivity contribution in [2.75, 3.05) is 26.3 Å². The molecule has 0 unspecified atom stereocenters. The van der Waals surface area contributed by atoms with E-state index in [4.69, 9.17) is 14.0 Å². The zero-order valence-corrected chi connectivity index (χ0v) is 16.7. The molecule has 10 heteroatoms. The fourth-order valence-corrected chi connectivity index (χ4v) is 4.40. The van der Waals surface area contributed by atoms with Crippen molar-refractivity contribution in [1.29, 1.82) is 0 Å². The van der Waals surface area contributed by atoms with Gasteiger partial charge < -0.3 is 14.0 Å². The fraction of sp³-hybridized carbons (Fsp3) is 0.250. The minimum Gasteiger partial charge on any atom is -0.452 e. The molecule has 9 nitrogen and oxygen atoms in total. The number of carbonyl (C=O) groups excluding carboxylic acids is 1. The van der Waals surface area contributed by atoms with Crippen LogP contribution in [0.4, 0.5) is 0 Å². The molecule has 0 atom stereocenters. The second kappa shape index (κ2) is 8.74. The molecule has 4 rings (SSSR count). The largest absolute Gasteiger partial charge is 0.452 e. The van der Waals surface area contributed by atoms with Crippen LogP contribution in [0.3, 0.4) is 0 Å². The first-order chi connectivity index (χ1) is 14.5. The Bertz CT molecular complexity index is 1120. The van der Waals surface area contributed by atoms with Crippen molar-refractivity contribution in [1.82, 2.24) is 14.4 Å². The Hall–Kier alpha value is -3.08. The molecule has 0 N–H and O–H groups in total. The van der Waals surface area contributed by atoms with Crippen molar-refractivity contribution in [3.05, 3.63) is 66.1 Å². The first-order valence-corrected chi connectivity index (χ1v) is 10.7. The van der Waals surface area contributed by atoms with E-state index < -0.39 is 16.0 Å². The molecule has 156 valence electrons. The average Bonchev–Trinajstić information content (AvgIpc) is 3.28. The fourth-order valence-electron chi connectivity index (χ4n) is 2.95. The molecule has 1 fully saturated rings. The van der Waals surface area contributed by atoms with E-state index in [-0.39, 0.29) is 36.0 Å². The number of hydrogen-bond donors (Lipinski definition) is 0. The highest BCUT2D eigenvalue weighted by Crippen LogP contribution is 2.19. The molecule has 1 aliphatic heterocycles. The van der Waals surface area contributed by atoms with Crippen LogP contribution in [-0.4, -0.2) is 55.1 Å². The SMILES string of the molecule is O=C(OCc1nc(-c2ccccc2)no1)c1cccc(S(=O)(=O)N2CCOCC2)c1. The van der Waals surface area contributed by atoms with Gasteiger partial charge in [-0.15, -0.1) is 0 Å². The third-order valence-electron chi connectivity index (χ3n) is 4.50. The number of rotatable bonds is 6. The lowest BCUT2D eigenvalue weighted by molar-refractivity contribution is 0.0429. The van der Waals surface area contributed by atoms with Crippen LogP contribution in [0.1, 0.15) is 16.2 Å². The third-order valence-corrected chi connectivity index (χ3v) is 6.40. The Morgan fingerprint density at radius 3 is 2.60 bits per heavy atom. The van der Waals surface area contributed by atoms with E-state index in [1.165, 1.54) is 28.6 Å². The van der Waals surface area contributed by atoms with Crippen molar-refractivity contribution in [3.8, 4) is 11.4 Å². The summed E-state index contributed by atoms with van der Waals surface area (Å²) in [6.07, 6.45) is 0. The van der Waals surface area contributed by atoms with Crippen molar-refractivity contribution < 1.29 is 27.2 Å². The second-order valence-electron chi connectivity index (χ2n) is 6.50. The van der Waals surface area contributed by atoms with Gasteiger partial charge in [0, 0.05) is 18.7 Å². The zero-order chi connectivity index (χ0) is 21.0. The maximum Gasteiger partial charge on any atom is 0.338 e. The van der Waals surface area contributed by atoms with Crippen LogP contribution in [-0.2, 0) is 26.1 Å². The molecule has 1 saturated heterocycles. The second-order valence-corrected chi connectivity index (χ2v) is 8.44. The van der Waals surface area contributed by atoms with Gasteiger partial charge in [-0.05, 0) is 18.2 Å². The summed E-state index contributed by atoms with van der Waals surface area (Å²) in [7, 11) is -3.71. The van der Waals surface area contributed by atoms with Crippen LogP contribution in [0.15, 0.2) is 64.0 Å². The highest BCUT2D eigenvalue weighted by molar-refractivity contribution is 7.89. The standard InChI is InChI=1S/C20H19N3O6S/c24-20(28-14-18-21-19(22-29-18)15-5-2-1-3-6-15)16-7-4-8-17(13-16)30(25,26)23-9-11-27-12-10-23/h1-8,13H,9-12,14H2. The number of esters is 1. The molecule has 0 saturated carbocycles. The average molecular weight is 429 g/mol. The number of sulfonamides is 1. The number of carbonyl (C=O) groups is 1. The van der Waals surface area contributed by atoms with Gasteiger partial charge in [-0.3, -0.25) is 0 Å². The predicted molar refractivity (Wildman–Crippen MR) is 105 cm³/mol. The Labute approximate surface area is 173 Å². The van der Waals surface area contributed by atoms with E-state index >= 15 is 0 Å². The van der Waals surface area contributed by atoms with Crippen LogP contribution < -0.4 is 0 Å².